The second kappa shape index (κ2) is 6.33. The second-order valence-electron chi connectivity index (χ2n) is 7.65. The molecule has 0 aromatic carbocycles. The van der Waals surface area contributed by atoms with Crippen molar-refractivity contribution < 1.29 is 0 Å². The summed E-state index contributed by atoms with van der Waals surface area (Å²) < 4.78 is 0. The monoisotopic (exact) mass is 272 g/mol. The zero-order chi connectivity index (χ0) is 14.8. The molecule has 0 bridgehead atoms. The first-order valence-corrected chi connectivity index (χ1v) is 8.43. The first kappa shape index (κ1) is 15.6. The van der Waals surface area contributed by atoms with E-state index in [0.29, 0.717) is 11.3 Å². The molecule has 2 aliphatic carbocycles. The Bertz CT molecular complexity index is 433. The van der Waals surface area contributed by atoms with E-state index >= 15 is 0 Å². The predicted molar refractivity (Wildman–Crippen MR) is 89.7 cm³/mol. The number of rotatable bonds is 1. The average Bonchev–Trinajstić information content (AvgIpc) is 2.70. The highest BCUT2D eigenvalue weighted by Crippen LogP contribution is 2.50. The molecule has 0 heterocycles. The molecule has 0 aliphatic heterocycles. The maximum Gasteiger partial charge on any atom is -0.0138 e. The Morgan fingerprint density at radius 2 is 1.65 bits per heavy atom. The summed E-state index contributed by atoms with van der Waals surface area (Å²) >= 11 is 0. The fourth-order valence-corrected chi connectivity index (χ4v) is 3.95. The molecule has 0 N–H and O–H groups in total. The van der Waals surface area contributed by atoms with Crippen LogP contribution in [0.25, 0.3) is 0 Å². The largest absolute Gasteiger partial charge is 0.0853 e. The third-order valence-electron chi connectivity index (χ3n) is 5.49. The van der Waals surface area contributed by atoms with Crippen LogP contribution in [0.5, 0.6) is 0 Å². The van der Waals surface area contributed by atoms with E-state index in [4.69, 9.17) is 0 Å². The van der Waals surface area contributed by atoms with Gasteiger partial charge in [0.2, 0.25) is 0 Å². The Morgan fingerprint density at radius 3 is 2.35 bits per heavy atom. The van der Waals surface area contributed by atoms with Gasteiger partial charge in [0.25, 0.3) is 0 Å². The second-order valence-corrected chi connectivity index (χ2v) is 7.65. The van der Waals surface area contributed by atoms with Gasteiger partial charge < -0.3 is 0 Å². The van der Waals surface area contributed by atoms with Gasteiger partial charge in [0.1, 0.15) is 0 Å². The van der Waals surface area contributed by atoms with Crippen LogP contribution in [0.4, 0.5) is 0 Å². The molecule has 0 aromatic rings. The third kappa shape index (κ3) is 3.45. The molecule has 0 spiro atoms. The van der Waals surface area contributed by atoms with Crippen molar-refractivity contribution in [3.63, 3.8) is 0 Å². The van der Waals surface area contributed by atoms with Crippen molar-refractivity contribution in [2.75, 3.05) is 0 Å². The van der Waals surface area contributed by atoms with E-state index in [-0.39, 0.29) is 0 Å². The van der Waals surface area contributed by atoms with Gasteiger partial charge in [0.05, 0.1) is 0 Å². The van der Waals surface area contributed by atoms with Crippen molar-refractivity contribution in [3.05, 3.63) is 34.9 Å². The molecular formula is C20H32. The van der Waals surface area contributed by atoms with E-state index < -0.39 is 0 Å². The van der Waals surface area contributed by atoms with Crippen LogP contribution in [0.15, 0.2) is 34.9 Å². The summed E-state index contributed by atoms with van der Waals surface area (Å²) in [7, 11) is 0. The van der Waals surface area contributed by atoms with Crippen molar-refractivity contribution in [1.82, 2.24) is 0 Å². The zero-order valence-electron chi connectivity index (χ0n) is 14.1. The van der Waals surface area contributed by atoms with Crippen molar-refractivity contribution >= 4 is 0 Å². The molecule has 0 saturated heterocycles. The van der Waals surface area contributed by atoms with Gasteiger partial charge in [-0.1, -0.05) is 55.7 Å². The van der Waals surface area contributed by atoms with Crippen molar-refractivity contribution in [2.45, 2.75) is 73.1 Å². The topological polar surface area (TPSA) is 0 Å². The molecule has 2 atom stereocenters. The van der Waals surface area contributed by atoms with Crippen molar-refractivity contribution in [1.29, 1.82) is 0 Å². The molecule has 2 rings (SSSR count). The first-order valence-electron chi connectivity index (χ1n) is 8.43. The Balaban J connectivity index is 2.26. The minimum absolute atomic E-state index is 0.464. The van der Waals surface area contributed by atoms with Gasteiger partial charge in [-0.15, -0.1) is 0 Å². The summed E-state index contributed by atoms with van der Waals surface area (Å²) in [5.41, 5.74) is 5.36. The summed E-state index contributed by atoms with van der Waals surface area (Å²) in [6, 6.07) is 0. The van der Waals surface area contributed by atoms with Crippen LogP contribution in [-0.4, -0.2) is 0 Å². The minimum atomic E-state index is 0.464. The van der Waals surface area contributed by atoms with Crippen LogP contribution in [0.3, 0.4) is 0 Å². The standard InChI is InChI=1S/C20H32/c1-15(2)18-12-14-20(5)13-11-17(4)8-6-7-16(3)9-10-19(18)20/h7,11-12,15,19H,6,8-10,13-14H2,1-5H3/b16-7+,17-11+/t19?,20-/m0/s1. The van der Waals surface area contributed by atoms with Gasteiger partial charge in [-0.05, 0) is 69.6 Å². The maximum atomic E-state index is 2.56. The molecule has 2 aliphatic rings. The predicted octanol–water partition coefficient (Wildman–Crippen LogP) is 6.45. The fraction of sp³-hybridized carbons (Fsp3) is 0.700. The Morgan fingerprint density at radius 1 is 1.00 bits per heavy atom. The molecule has 0 fully saturated rings. The average molecular weight is 272 g/mol. The van der Waals surface area contributed by atoms with Crippen LogP contribution in [-0.2, 0) is 0 Å². The maximum absolute atomic E-state index is 2.56. The van der Waals surface area contributed by atoms with E-state index in [1.165, 1.54) is 38.5 Å². The summed E-state index contributed by atoms with van der Waals surface area (Å²) in [4.78, 5) is 0. The van der Waals surface area contributed by atoms with Gasteiger partial charge in [0, 0.05) is 0 Å². The lowest BCUT2D eigenvalue weighted by Crippen LogP contribution is -2.25. The van der Waals surface area contributed by atoms with Crippen LogP contribution in [0.1, 0.15) is 73.1 Å². The van der Waals surface area contributed by atoms with Gasteiger partial charge in [-0.25, -0.2) is 0 Å². The Labute approximate surface area is 126 Å². The van der Waals surface area contributed by atoms with E-state index in [1.54, 1.807) is 16.7 Å². The van der Waals surface area contributed by atoms with E-state index in [0.717, 1.165) is 5.92 Å². The smallest absolute Gasteiger partial charge is 0.0138 e. The number of hydrogen-bond donors (Lipinski definition) is 0. The van der Waals surface area contributed by atoms with Gasteiger partial charge >= 0.3 is 0 Å². The lowest BCUT2D eigenvalue weighted by Gasteiger charge is -2.34. The van der Waals surface area contributed by atoms with Crippen LogP contribution in [0.2, 0.25) is 0 Å². The quantitative estimate of drug-likeness (QED) is 0.481. The molecule has 1 unspecified atom stereocenters. The summed E-state index contributed by atoms with van der Waals surface area (Å²) in [6.07, 6.45) is 15.2. The fourth-order valence-electron chi connectivity index (χ4n) is 3.95. The van der Waals surface area contributed by atoms with Crippen LogP contribution >= 0.6 is 0 Å². The summed E-state index contributed by atoms with van der Waals surface area (Å²) in [5, 5.41) is 0. The van der Waals surface area contributed by atoms with Crippen LogP contribution < -0.4 is 0 Å². The lowest BCUT2D eigenvalue weighted by atomic mass is 9.70. The molecular weight excluding hydrogens is 240 g/mol. The normalized spacial score (nSPS) is 37.3. The number of fused-ring (bicyclic) bond motifs is 1. The summed E-state index contributed by atoms with van der Waals surface area (Å²) in [5.74, 6) is 1.49. The molecule has 0 radical (unpaired) electrons. The highest BCUT2D eigenvalue weighted by molar-refractivity contribution is 5.23. The number of allylic oxidation sites excluding steroid dienone is 6. The van der Waals surface area contributed by atoms with E-state index in [2.05, 4.69) is 52.8 Å². The third-order valence-corrected chi connectivity index (χ3v) is 5.49. The molecule has 0 aromatic heterocycles. The zero-order valence-corrected chi connectivity index (χ0v) is 14.1. The summed E-state index contributed by atoms with van der Waals surface area (Å²) in [6.45, 7) is 11.9. The van der Waals surface area contributed by atoms with Gasteiger partial charge in [-0.2, -0.15) is 0 Å². The van der Waals surface area contributed by atoms with Crippen LogP contribution in [0, 0.1) is 17.3 Å². The Kier molecular flexibility index (Phi) is 4.94. The minimum Gasteiger partial charge on any atom is -0.0853 e. The molecule has 0 heteroatoms. The molecule has 0 amide bonds. The van der Waals surface area contributed by atoms with Crippen molar-refractivity contribution in [3.8, 4) is 0 Å². The molecule has 112 valence electrons. The Hall–Kier alpha value is -0.780. The van der Waals surface area contributed by atoms with Gasteiger partial charge in [0.15, 0.2) is 0 Å². The van der Waals surface area contributed by atoms with Crippen molar-refractivity contribution in [2.24, 2.45) is 17.3 Å². The first-order chi connectivity index (χ1) is 9.42. The molecule has 20 heavy (non-hydrogen) atoms. The van der Waals surface area contributed by atoms with E-state index in [1.807, 2.05) is 0 Å². The molecule has 0 nitrogen and oxygen atoms in total. The molecule has 0 saturated carbocycles. The highest BCUT2D eigenvalue weighted by atomic mass is 14.4. The highest BCUT2D eigenvalue weighted by Gasteiger charge is 2.39. The van der Waals surface area contributed by atoms with Gasteiger partial charge in [-0.3, -0.25) is 0 Å². The van der Waals surface area contributed by atoms with E-state index in [9.17, 15) is 0 Å². The number of hydrogen-bond acceptors (Lipinski definition) is 0. The SMILES string of the molecule is C/C1=C\C[C@@]2(C)CC=C(C(C)C)C2CC/C(C)=C/CC1. The lowest BCUT2D eigenvalue weighted by molar-refractivity contribution is 0.225.